The summed E-state index contributed by atoms with van der Waals surface area (Å²) in [4.78, 5) is 4.24. The minimum Gasteiger partial charge on any atom is -0.490 e. The smallest absolute Gasteiger partial charge is 0.123 e. The van der Waals surface area contributed by atoms with E-state index >= 15 is 0 Å². The van der Waals surface area contributed by atoms with Gasteiger partial charge >= 0.3 is 0 Å². The molecule has 1 saturated carbocycles. The van der Waals surface area contributed by atoms with Crippen LogP contribution in [0.5, 0.6) is 5.75 Å². The maximum absolute atomic E-state index is 5.88. The molecule has 1 fully saturated rings. The van der Waals surface area contributed by atoms with E-state index in [0.29, 0.717) is 12.6 Å². The zero-order chi connectivity index (χ0) is 10.5. The lowest BCUT2D eigenvalue weighted by Gasteiger charge is -2.13. The third kappa shape index (κ3) is 2.93. The maximum Gasteiger partial charge on any atom is 0.123 e. The number of rotatable bonds is 4. The molecule has 3 nitrogen and oxygen atoms in total. The van der Waals surface area contributed by atoms with Gasteiger partial charge in [-0.3, -0.25) is 4.98 Å². The van der Waals surface area contributed by atoms with E-state index in [9.17, 15) is 0 Å². The summed E-state index contributed by atoms with van der Waals surface area (Å²) in [7, 11) is 0. The summed E-state index contributed by atoms with van der Waals surface area (Å²) in [6.07, 6.45) is 8.01. The van der Waals surface area contributed by atoms with Crippen LogP contribution in [0.2, 0.25) is 0 Å². The van der Waals surface area contributed by atoms with Crippen molar-refractivity contribution < 1.29 is 4.74 Å². The monoisotopic (exact) mass is 206 g/mol. The van der Waals surface area contributed by atoms with Crippen LogP contribution in [0.1, 0.15) is 31.4 Å². The SMILES string of the molecule is NCCc1cc(OC2CCCC2)ccn1. The molecule has 0 saturated heterocycles. The van der Waals surface area contributed by atoms with Crippen LogP contribution in [-0.4, -0.2) is 17.6 Å². The topological polar surface area (TPSA) is 48.1 Å². The maximum atomic E-state index is 5.88. The minimum atomic E-state index is 0.415. The molecule has 1 heterocycles. The van der Waals surface area contributed by atoms with Crippen LogP contribution in [0.4, 0.5) is 0 Å². The van der Waals surface area contributed by atoms with Gasteiger partial charge in [-0.2, -0.15) is 0 Å². The Bertz CT molecular complexity index is 308. The van der Waals surface area contributed by atoms with Gasteiger partial charge in [-0.25, -0.2) is 0 Å². The molecule has 15 heavy (non-hydrogen) atoms. The number of pyridine rings is 1. The molecular weight excluding hydrogens is 188 g/mol. The van der Waals surface area contributed by atoms with E-state index in [4.69, 9.17) is 10.5 Å². The van der Waals surface area contributed by atoms with Gasteiger partial charge in [0, 0.05) is 24.4 Å². The van der Waals surface area contributed by atoms with Crippen molar-refractivity contribution in [2.24, 2.45) is 5.73 Å². The van der Waals surface area contributed by atoms with Gasteiger partial charge in [-0.1, -0.05) is 0 Å². The normalized spacial score (nSPS) is 16.9. The summed E-state index contributed by atoms with van der Waals surface area (Å²) in [5.41, 5.74) is 6.51. The first-order chi connectivity index (χ1) is 7.38. The third-order valence-electron chi connectivity index (χ3n) is 2.79. The summed E-state index contributed by atoms with van der Waals surface area (Å²) >= 11 is 0. The lowest BCUT2D eigenvalue weighted by molar-refractivity contribution is 0.209. The molecule has 0 aliphatic heterocycles. The molecule has 82 valence electrons. The van der Waals surface area contributed by atoms with Crippen molar-refractivity contribution in [2.45, 2.75) is 38.2 Å². The molecular formula is C12H18N2O. The molecule has 0 radical (unpaired) electrons. The summed E-state index contributed by atoms with van der Waals surface area (Å²) in [5, 5.41) is 0. The summed E-state index contributed by atoms with van der Waals surface area (Å²) in [5.74, 6) is 0.945. The highest BCUT2D eigenvalue weighted by atomic mass is 16.5. The largest absolute Gasteiger partial charge is 0.490 e. The second-order valence-electron chi connectivity index (χ2n) is 4.05. The first kappa shape index (κ1) is 10.4. The number of nitrogens with zero attached hydrogens (tertiary/aromatic N) is 1. The molecule has 3 heteroatoms. The second kappa shape index (κ2) is 5.12. The lowest BCUT2D eigenvalue weighted by atomic mass is 10.2. The number of ether oxygens (including phenoxy) is 1. The predicted molar refractivity (Wildman–Crippen MR) is 59.9 cm³/mol. The van der Waals surface area contributed by atoms with E-state index in [1.54, 1.807) is 6.20 Å². The van der Waals surface area contributed by atoms with E-state index in [-0.39, 0.29) is 0 Å². The standard InChI is InChI=1S/C12H18N2O/c13-7-5-10-9-12(6-8-14-10)15-11-3-1-2-4-11/h6,8-9,11H,1-5,7,13H2. The average Bonchev–Trinajstić information content (AvgIpc) is 2.71. The molecule has 0 spiro atoms. The molecule has 0 atom stereocenters. The summed E-state index contributed by atoms with van der Waals surface area (Å²) < 4.78 is 5.88. The van der Waals surface area contributed by atoms with Gasteiger partial charge in [-0.05, 0) is 38.3 Å². The van der Waals surface area contributed by atoms with Crippen molar-refractivity contribution in [2.75, 3.05) is 6.54 Å². The Morgan fingerprint density at radius 2 is 2.20 bits per heavy atom. The van der Waals surface area contributed by atoms with Crippen LogP contribution >= 0.6 is 0 Å². The average molecular weight is 206 g/mol. The van der Waals surface area contributed by atoms with Gasteiger partial charge in [0.1, 0.15) is 5.75 Å². The molecule has 1 aromatic rings. The Morgan fingerprint density at radius 3 is 2.93 bits per heavy atom. The van der Waals surface area contributed by atoms with Gasteiger partial charge in [0.2, 0.25) is 0 Å². The van der Waals surface area contributed by atoms with E-state index in [0.717, 1.165) is 17.9 Å². The minimum absolute atomic E-state index is 0.415. The molecule has 2 rings (SSSR count). The molecule has 0 aromatic carbocycles. The molecule has 2 N–H and O–H groups in total. The Kier molecular flexibility index (Phi) is 3.56. The molecule has 1 aliphatic rings. The van der Waals surface area contributed by atoms with E-state index in [1.807, 2.05) is 12.1 Å². The number of hydrogen-bond acceptors (Lipinski definition) is 3. The van der Waals surface area contributed by atoms with Gasteiger partial charge < -0.3 is 10.5 Å². The van der Waals surface area contributed by atoms with Gasteiger partial charge in [0.25, 0.3) is 0 Å². The Labute approximate surface area is 90.7 Å². The van der Waals surface area contributed by atoms with Crippen molar-refractivity contribution in [1.82, 2.24) is 4.98 Å². The highest BCUT2D eigenvalue weighted by Crippen LogP contribution is 2.24. The van der Waals surface area contributed by atoms with Crippen molar-refractivity contribution in [3.05, 3.63) is 24.0 Å². The fraction of sp³-hybridized carbons (Fsp3) is 0.583. The predicted octanol–water partition coefficient (Wildman–Crippen LogP) is 1.90. The third-order valence-corrected chi connectivity index (χ3v) is 2.79. The number of nitrogens with two attached hydrogens (primary N) is 1. The van der Waals surface area contributed by atoms with Gasteiger partial charge in [0.15, 0.2) is 0 Å². The van der Waals surface area contributed by atoms with Gasteiger partial charge in [0.05, 0.1) is 6.10 Å². The zero-order valence-electron chi connectivity index (χ0n) is 8.98. The quantitative estimate of drug-likeness (QED) is 0.818. The van der Waals surface area contributed by atoms with Crippen molar-refractivity contribution >= 4 is 0 Å². The van der Waals surface area contributed by atoms with Crippen LogP contribution in [-0.2, 0) is 6.42 Å². The lowest BCUT2D eigenvalue weighted by Crippen LogP contribution is -2.11. The summed E-state index contributed by atoms with van der Waals surface area (Å²) in [6.45, 7) is 0.639. The molecule has 1 aromatic heterocycles. The van der Waals surface area contributed by atoms with E-state index in [2.05, 4.69) is 4.98 Å². The van der Waals surface area contributed by atoms with Crippen LogP contribution in [0.15, 0.2) is 18.3 Å². The molecule has 1 aliphatic carbocycles. The fourth-order valence-corrected chi connectivity index (χ4v) is 2.01. The van der Waals surface area contributed by atoms with Crippen molar-refractivity contribution in [1.29, 1.82) is 0 Å². The molecule has 0 amide bonds. The van der Waals surface area contributed by atoms with E-state index in [1.165, 1.54) is 25.7 Å². The second-order valence-corrected chi connectivity index (χ2v) is 4.05. The number of hydrogen-bond donors (Lipinski definition) is 1. The Balaban J connectivity index is 1.97. The highest BCUT2D eigenvalue weighted by Gasteiger charge is 2.16. The van der Waals surface area contributed by atoms with E-state index < -0.39 is 0 Å². The summed E-state index contributed by atoms with van der Waals surface area (Å²) in [6, 6.07) is 3.93. The Hall–Kier alpha value is -1.09. The van der Waals surface area contributed by atoms with Crippen LogP contribution in [0, 0.1) is 0 Å². The first-order valence-electron chi connectivity index (χ1n) is 5.70. The van der Waals surface area contributed by atoms with Gasteiger partial charge in [-0.15, -0.1) is 0 Å². The first-order valence-corrected chi connectivity index (χ1v) is 5.70. The molecule has 0 unspecified atom stereocenters. The highest BCUT2D eigenvalue weighted by molar-refractivity contribution is 5.23. The van der Waals surface area contributed by atoms with Crippen LogP contribution in [0.25, 0.3) is 0 Å². The van der Waals surface area contributed by atoms with Crippen LogP contribution in [0.3, 0.4) is 0 Å². The van der Waals surface area contributed by atoms with Crippen molar-refractivity contribution in [3.63, 3.8) is 0 Å². The fourth-order valence-electron chi connectivity index (χ4n) is 2.01. The van der Waals surface area contributed by atoms with Crippen LogP contribution < -0.4 is 10.5 Å². The zero-order valence-corrected chi connectivity index (χ0v) is 8.98. The number of aromatic nitrogens is 1. The Morgan fingerprint density at radius 1 is 1.40 bits per heavy atom. The molecule has 0 bridgehead atoms. The van der Waals surface area contributed by atoms with Crippen molar-refractivity contribution in [3.8, 4) is 5.75 Å².